The first-order valence-corrected chi connectivity index (χ1v) is 10.7. The molecule has 0 radical (unpaired) electrons. The maximum absolute atomic E-state index is 13.1. The lowest BCUT2D eigenvalue weighted by Gasteiger charge is -2.06. The van der Waals surface area contributed by atoms with Crippen LogP contribution in [0.5, 0.6) is 0 Å². The van der Waals surface area contributed by atoms with Gasteiger partial charge in [0.25, 0.3) is 15.6 Å². The molecule has 9 nitrogen and oxygen atoms in total. The zero-order chi connectivity index (χ0) is 20.9. The van der Waals surface area contributed by atoms with Gasteiger partial charge in [0, 0.05) is 11.1 Å². The van der Waals surface area contributed by atoms with E-state index in [9.17, 15) is 13.2 Å². The number of rotatable bonds is 3. The highest BCUT2D eigenvalue weighted by Gasteiger charge is 2.17. The van der Waals surface area contributed by atoms with Crippen LogP contribution >= 0.6 is 11.3 Å². The number of pyridine rings is 1. The van der Waals surface area contributed by atoms with Crippen molar-refractivity contribution in [1.29, 1.82) is 0 Å². The minimum Gasteiger partial charge on any atom is -0.369 e. The highest BCUT2D eigenvalue weighted by atomic mass is 32.2. The van der Waals surface area contributed by atoms with Crippen molar-refractivity contribution in [3.63, 3.8) is 0 Å². The van der Waals surface area contributed by atoms with Crippen molar-refractivity contribution in [2.24, 2.45) is 15.9 Å². The number of fused-ring (bicyclic) bond motifs is 3. The maximum atomic E-state index is 13.1. The molecule has 0 spiro atoms. The second kappa shape index (κ2) is 6.64. The van der Waals surface area contributed by atoms with Gasteiger partial charge in [0.2, 0.25) is 5.96 Å². The van der Waals surface area contributed by atoms with Crippen molar-refractivity contribution in [2.45, 2.75) is 18.7 Å². The van der Waals surface area contributed by atoms with Crippen LogP contribution < -0.4 is 17.0 Å². The Labute approximate surface area is 169 Å². The minimum atomic E-state index is -4.00. The zero-order valence-electron chi connectivity index (χ0n) is 15.4. The first-order chi connectivity index (χ1) is 13.7. The highest BCUT2D eigenvalue weighted by Crippen LogP contribution is 2.31. The van der Waals surface area contributed by atoms with Gasteiger partial charge in [-0.25, -0.2) is 9.97 Å². The summed E-state index contributed by atoms with van der Waals surface area (Å²) in [6.45, 7) is 3.87. The first kappa shape index (κ1) is 19.0. The van der Waals surface area contributed by atoms with E-state index in [1.165, 1.54) is 46.5 Å². The number of nitrogens with two attached hydrogens (primary N) is 2. The number of aromatic nitrogens is 3. The standard InChI is InChI=1S/C18H16N6O3S2/c1-9-7-10(2)22-16-13(9)14-15(28-16)17(25)24(8-21-14)11-3-5-12(6-4-11)29(26,27)23-18(19)20/h3-8H,1-2H3,(H4,19,20,23). The van der Waals surface area contributed by atoms with Gasteiger partial charge in [-0.05, 0) is 49.7 Å². The molecule has 4 aromatic rings. The van der Waals surface area contributed by atoms with Crippen LogP contribution in [-0.2, 0) is 10.0 Å². The number of guanidine groups is 1. The van der Waals surface area contributed by atoms with E-state index in [-0.39, 0.29) is 10.5 Å². The molecule has 3 aromatic heterocycles. The van der Waals surface area contributed by atoms with Crippen molar-refractivity contribution in [2.75, 3.05) is 0 Å². The fourth-order valence-corrected chi connectivity index (χ4v) is 5.17. The third-order valence-corrected chi connectivity index (χ3v) is 6.70. The van der Waals surface area contributed by atoms with Crippen LogP contribution in [0.3, 0.4) is 0 Å². The van der Waals surface area contributed by atoms with Gasteiger partial charge in [-0.2, -0.15) is 8.42 Å². The van der Waals surface area contributed by atoms with Crippen LogP contribution in [0.15, 0.2) is 50.7 Å². The second-order valence-corrected chi connectivity index (χ2v) is 9.05. The lowest BCUT2D eigenvalue weighted by atomic mass is 10.1. The Balaban J connectivity index is 1.86. The summed E-state index contributed by atoms with van der Waals surface area (Å²) >= 11 is 1.29. The maximum Gasteiger partial charge on any atom is 0.285 e. The average molecular weight is 428 g/mol. The molecule has 0 atom stereocenters. The Morgan fingerprint density at radius 3 is 2.52 bits per heavy atom. The minimum absolute atomic E-state index is 0.0890. The summed E-state index contributed by atoms with van der Waals surface area (Å²) in [7, 11) is -4.00. The molecule has 4 N–H and O–H groups in total. The van der Waals surface area contributed by atoms with E-state index in [0.717, 1.165) is 21.5 Å². The summed E-state index contributed by atoms with van der Waals surface area (Å²) in [5, 5.41) is 0.874. The summed E-state index contributed by atoms with van der Waals surface area (Å²) in [5.74, 6) is -0.552. The van der Waals surface area contributed by atoms with E-state index in [1.54, 1.807) is 0 Å². The van der Waals surface area contributed by atoms with Gasteiger partial charge in [-0.3, -0.25) is 9.36 Å². The number of hydrogen-bond donors (Lipinski definition) is 2. The molecule has 0 amide bonds. The van der Waals surface area contributed by atoms with E-state index in [1.807, 2.05) is 19.9 Å². The smallest absolute Gasteiger partial charge is 0.285 e. The molecule has 3 heterocycles. The third-order valence-electron chi connectivity index (χ3n) is 4.32. The topological polar surface area (TPSA) is 146 Å². The second-order valence-electron chi connectivity index (χ2n) is 6.45. The first-order valence-electron chi connectivity index (χ1n) is 8.42. The van der Waals surface area contributed by atoms with E-state index >= 15 is 0 Å². The Morgan fingerprint density at radius 1 is 1.17 bits per heavy atom. The van der Waals surface area contributed by atoms with E-state index < -0.39 is 16.0 Å². The fourth-order valence-electron chi connectivity index (χ4n) is 3.12. The van der Waals surface area contributed by atoms with E-state index in [2.05, 4.69) is 14.4 Å². The monoisotopic (exact) mass is 428 g/mol. The Bertz CT molecular complexity index is 1460. The molecule has 0 saturated carbocycles. The van der Waals surface area contributed by atoms with E-state index in [4.69, 9.17) is 11.5 Å². The van der Waals surface area contributed by atoms with Crippen LogP contribution in [0.1, 0.15) is 11.3 Å². The molecule has 0 aliphatic heterocycles. The molecule has 1 aromatic carbocycles. The molecular formula is C18H16N6O3S2. The molecular weight excluding hydrogens is 412 g/mol. The highest BCUT2D eigenvalue weighted by molar-refractivity contribution is 7.90. The van der Waals surface area contributed by atoms with Gasteiger partial charge in [-0.1, -0.05) is 0 Å². The molecule has 0 unspecified atom stereocenters. The van der Waals surface area contributed by atoms with Crippen LogP contribution in [0.25, 0.3) is 26.1 Å². The molecule has 0 aliphatic carbocycles. The molecule has 0 aliphatic rings. The normalized spacial score (nSPS) is 11.8. The molecule has 11 heteroatoms. The molecule has 4 rings (SSSR count). The summed E-state index contributed by atoms with van der Waals surface area (Å²) in [4.78, 5) is 22.7. The van der Waals surface area contributed by atoms with E-state index in [0.29, 0.717) is 15.9 Å². The van der Waals surface area contributed by atoms with Gasteiger partial charge < -0.3 is 11.5 Å². The quantitative estimate of drug-likeness (QED) is 0.372. The molecule has 29 heavy (non-hydrogen) atoms. The largest absolute Gasteiger partial charge is 0.369 e. The third kappa shape index (κ3) is 3.23. The number of aryl methyl sites for hydroxylation is 2. The van der Waals surface area contributed by atoms with Gasteiger partial charge in [0.15, 0.2) is 0 Å². The van der Waals surface area contributed by atoms with Crippen LogP contribution in [0.2, 0.25) is 0 Å². The van der Waals surface area contributed by atoms with Crippen molar-refractivity contribution in [3.05, 3.63) is 58.3 Å². The van der Waals surface area contributed by atoms with Crippen LogP contribution in [0, 0.1) is 13.8 Å². The van der Waals surface area contributed by atoms with Crippen molar-refractivity contribution in [3.8, 4) is 5.69 Å². The van der Waals surface area contributed by atoms with Crippen LogP contribution in [0.4, 0.5) is 0 Å². The van der Waals surface area contributed by atoms with Gasteiger partial charge in [0.1, 0.15) is 15.9 Å². The van der Waals surface area contributed by atoms with Crippen molar-refractivity contribution >= 4 is 47.8 Å². The summed E-state index contributed by atoms with van der Waals surface area (Å²) in [6, 6.07) is 7.59. The SMILES string of the molecule is Cc1cc(C)c2c(n1)sc1c(=O)n(-c3ccc(S(=O)(=O)N=C(N)N)cc3)cnc12. The van der Waals surface area contributed by atoms with Gasteiger partial charge in [0.05, 0.1) is 16.1 Å². The Morgan fingerprint density at radius 2 is 1.86 bits per heavy atom. The van der Waals surface area contributed by atoms with Crippen molar-refractivity contribution < 1.29 is 8.42 Å². The fraction of sp³-hybridized carbons (Fsp3) is 0.111. The molecule has 0 saturated heterocycles. The number of nitrogens with zero attached hydrogens (tertiary/aromatic N) is 4. The lowest BCUT2D eigenvalue weighted by molar-refractivity contribution is 0.598. The number of thiophene rings is 1. The Kier molecular flexibility index (Phi) is 4.35. The summed E-state index contributed by atoms with van der Waals surface area (Å²) in [6.07, 6.45) is 1.43. The summed E-state index contributed by atoms with van der Waals surface area (Å²) in [5.41, 5.74) is 13.0. The molecule has 148 valence electrons. The predicted octanol–water partition coefficient (Wildman–Crippen LogP) is 1.57. The molecule has 0 bridgehead atoms. The van der Waals surface area contributed by atoms with Crippen LogP contribution in [-0.4, -0.2) is 28.9 Å². The van der Waals surface area contributed by atoms with Crippen molar-refractivity contribution in [1.82, 2.24) is 14.5 Å². The molecule has 0 fully saturated rings. The average Bonchev–Trinajstić information content (AvgIpc) is 3.00. The van der Waals surface area contributed by atoms with Gasteiger partial charge >= 0.3 is 0 Å². The lowest BCUT2D eigenvalue weighted by Crippen LogP contribution is -2.24. The number of hydrogen-bond acceptors (Lipinski definition) is 6. The predicted molar refractivity (Wildman–Crippen MR) is 113 cm³/mol. The number of benzene rings is 1. The van der Waals surface area contributed by atoms with Gasteiger partial charge in [-0.15, -0.1) is 15.7 Å². The summed E-state index contributed by atoms with van der Waals surface area (Å²) < 4.78 is 29.2. The zero-order valence-corrected chi connectivity index (χ0v) is 17.1. The Hall–Kier alpha value is -3.31. The number of sulfonamides is 1.